The highest BCUT2D eigenvalue weighted by Crippen LogP contribution is 2.30. The minimum Gasteiger partial charge on any atom is -0.493 e. The molecule has 118 valence electrons. The monoisotopic (exact) mass is 330 g/mol. The van der Waals surface area contributed by atoms with Gasteiger partial charge < -0.3 is 14.5 Å². The second-order valence-corrected chi connectivity index (χ2v) is 5.48. The van der Waals surface area contributed by atoms with E-state index in [9.17, 15) is 4.79 Å². The van der Waals surface area contributed by atoms with Crippen molar-refractivity contribution in [2.75, 3.05) is 14.2 Å². The molecule has 0 amide bonds. The topological polar surface area (TPSA) is 64.2 Å². The van der Waals surface area contributed by atoms with E-state index in [2.05, 4.69) is 9.97 Å². The Bertz CT molecular complexity index is 904. The standard InChI is InChI=1S/C17H15ClN2O3/c1-22-14-8-12-13(9-15(14)23-2)19-16(20-17(12)21)7-10-3-5-11(18)6-4-10/h3-6,8-9H,7H2,1-2H3,(H,19,20,21). The van der Waals surface area contributed by atoms with E-state index in [0.717, 1.165) is 5.56 Å². The molecule has 0 fully saturated rings. The fourth-order valence-electron chi connectivity index (χ4n) is 2.39. The van der Waals surface area contributed by atoms with Crippen LogP contribution < -0.4 is 15.0 Å². The van der Waals surface area contributed by atoms with Gasteiger partial charge in [-0.3, -0.25) is 4.79 Å². The van der Waals surface area contributed by atoms with Gasteiger partial charge in [-0.25, -0.2) is 4.98 Å². The summed E-state index contributed by atoms with van der Waals surface area (Å²) in [5.74, 6) is 1.62. The van der Waals surface area contributed by atoms with Crippen LogP contribution in [0.4, 0.5) is 0 Å². The lowest BCUT2D eigenvalue weighted by atomic mass is 10.1. The molecule has 2 aromatic carbocycles. The first kappa shape index (κ1) is 15.4. The largest absolute Gasteiger partial charge is 0.493 e. The summed E-state index contributed by atoms with van der Waals surface area (Å²) in [5, 5.41) is 1.13. The van der Waals surface area contributed by atoms with Crippen molar-refractivity contribution in [3.8, 4) is 11.5 Å². The third-order valence-electron chi connectivity index (χ3n) is 3.54. The van der Waals surface area contributed by atoms with Crippen molar-refractivity contribution in [3.05, 3.63) is 63.2 Å². The average molecular weight is 331 g/mol. The Labute approximate surface area is 137 Å². The molecule has 1 heterocycles. The molecular weight excluding hydrogens is 316 g/mol. The van der Waals surface area contributed by atoms with Crippen LogP contribution in [0.15, 0.2) is 41.2 Å². The summed E-state index contributed by atoms with van der Waals surface area (Å²) >= 11 is 5.88. The Balaban J connectivity index is 2.06. The van der Waals surface area contributed by atoms with Gasteiger partial charge in [0.1, 0.15) is 5.82 Å². The molecule has 3 rings (SSSR count). The van der Waals surface area contributed by atoms with Crippen LogP contribution in [-0.4, -0.2) is 24.2 Å². The van der Waals surface area contributed by atoms with Gasteiger partial charge in [-0.15, -0.1) is 0 Å². The zero-order valence-corrected chi connectivity index (χ0v) is 13.5. The highest BCUT2D eigenvalue weighted by Gasteiger charge is 2.11. The fraction of sp³-hybridized carbons (Fsp3) is 0.176. The van der Waals surface area contributed by atoms with Crippen molar-refractivity contribution in [1.29, 1.82) is 0 Å². The minimum atomic E-state index is -0.208. The Morgan fingerprint density at radius 1 is 1.09 bits per heavy atom. The first-order valence-electron chi connectivity index (χ1n) is 7.00. The molecule has 5 nitrogen and oxygen atoms in total. The van der Waals surface area contributed by atoms with Crippen LogP contribution in [0.1, 0.15) is 11.4 Å². The molecular formula is C17H15ClN2O3. The number of hydrogen-bond acceptors (Lipinski definition) is 4. The Kier molecular flexibility index (Phi) is 4.21. The number of H-pyrrole nitrogens is 1. The number of fused-ring (bicyclic) bond motifs is 1. The molecule has 0 aliphatic carbocycles. The van der Waals surface area contributed by atoms with Crippen molar-refractivity contribution in [1.82, 2.24) is 9.97 Å². The van der Waals surface area contributed by atoms with E-state index in [-0.39, 0.29) is 5.56 Å². The van der Waals surface area contributed by atoms with Crippen molar-refractivity contribution in [3.63, 3.8) is 0 Å². The fourth-order valence-corrected chi connectivity index (χ4v) is 2.52. The summed E-state index contributed by atoms with van der Waals surface area (Å²) in [6.45, 7) is 0. The quantitative estimate of drug-likeness (QED) is 0.798. The van der Waals surface area contributed by atoms with Crippen LogP contribution in [0.5, 0.6) is 11.5 Å². The second-order valence-electron chi connectivity index (χ2n) is 5.04. The zero-order chi connectivity index (χ0) is 16.4. The van der Waals surface area contributed by atoms with Gasteiger partial charge in [-0.05, 0) is 23.8 Å². The highest BCUT2D eigenvalue weighted by molar-refractivity contribution is 6.30. The number of aromatic amines is 1. The number of nitrogens with zero attached hydrogens (tertiary/aromatic N) is 1. The third-order valence-corrected chi connectivity index (χ3v) is 3.80. The van der Waals surface area contributed by atoms with E-state index in [0.29, 0.717) is 39.7 Å². The predicted molar refractivity (Wildman–Crippen MR) is 89.7 cm³/mol. The first-order valence-corrected chi connectivity index (χ1v) is 7.38. The molecule has 0 unspecified atom stereocenters. The van der Waals surface area contributed by atoms with Gasteiger partial charge in [0.05, 0.1) is 25.1 Å². The molecule has 3 aromatic rings. The molecule has 0 saturated heterocycles. The molecule has 0 aliphatic heterocycles. The van der Waals surface area contributed by atoms with Crippen molar-refractivity contribution >= 4 is 22.5 Å². The maximum Gasteiger partial charge on any atom is 0.258 e. The summed E-state index contributed by atoms with van der Waals surface area (Å²) in [4.78, 5) is 19.6. The van der Waals surface area contributed by atoms with Gasteiger partial charge in [-0.2, -0.15) is 0 Å². The summed E-state index contributed by atoms with van der Waals surface area (Å²) < 4.78 is 10.5. The van der Waals surface area contributed by atoms with Gasteiger partial charge in [0.15, 0.2) is 11.5 Å². The summed E-state index contributed by atoms with van der Waals surface area (Å²) in [5.41, 5.74) is 1.37. The zero-order valence-electron chi connectivity index (χ0n) is 12.7. The van der Waals surface area contributed by atoms with Crippen LogP contribution in [0.2, 0.25) is 5.02 Å². The average Bonchev–Trinajstić information content (AvgIpc) is 2.56. The van der Waals surface area contributed by atoms with E-state index in [1.807, 2.05) is 24.3 Å². The molecule has 0 spiro atoms. The minimum absolute atomic E-state index is 0.208. The van der Waals surface area contributed by atoms with E-state index < -0.39 is 0 Å². The van der Waals surface area contributed by atoms with Gasteiger partial charge in [-0.1, -0.05) is 23.7 Å². The molecule has 1 N–H and O–H groups in total. The van der Waals surface area contributed by atoms with Gasteiger partial charge in [0.2, 0.25) is 0 Å². The lowest BCUT2D eigenvalue weighted by molar-refractivity contribution is 0.355. The number of rotatable bonds is 4. The molecule has 23 heavy (non-hydrogen) atoms. The number of ether oxygens (including phenoxy) is 2. The highest BCUT2D eigenvalue weighted by atomic mass is 35.5. The second kappa shape index (κ2) is 6.30. The Morgan fingerprint density at radius 3 is 2.39 bits per heavy atom. The number of methoxy groups -OCH3 is 2. The van der Waals surface area contributed by atoms with Crippen LogP contribution >= 0.6 is 11.6 Å². The van der Waals surface area contributed by atoms with Crippen LogP contribution in [0, 0.1) is 0 Å². The molecule has 1 aromatic heterocycles. The van der Waals surface area contributed by atoms with Crippen molar-refractivity contribution in [2.45, 2.75) is 6.42 Å². The summed E-state index contributed by atoms with van der Waals surface area (Å²) in [6.07, 6.45) is 0.511. The van der Waals surface area contributed by atoms with Gasteiger partial charge in [0, 0.05) is 17.5 Å². The van der Waals surface area contributed by atoms with E-state index in [1.54, 1.807) is 19.2 Å². The molecule has 0 aliphatic rings. The Hall–Kier alpha value is -2.53. The Morgan fingerprint density at radius 2 is 1.74 bits per heavy atom. The van der Waals surface area contributed by atoms with E-state index in [4.69, 9.17) is 21.1 Å². The smallest absolute Gasteiger partial charge is 0.258 e. The van der Waals surface area contributed by atoms with E-state index >= 15 is 0 Å². The van der Waals surface area contributed by atoms with Gasteiger partial charge in [0.25, 0.3) is 5.56 Å². The molecule has 0 bridgehead atoms. The van der Waals surface area contributed by atoms with E-state index in [1.165, 1.54) is 7.11 Å². The van der Waals surface area contributed by atoms with Crippen LogP contribution in [0.3, 0.4) is 0 Å². The lowest BCUT2D eigenvalue weighted by Gasteiger charge is -2.09. The normalized spacial score (nSPS) is 10.7. The molecule has 6 heteroatoms. The summed E-state index contributed by atoms with van der Waals surface area (Å²) in [6, 6.07) is 10.8. The van der Waals surface area contributed by atoms with Gasteiger partial charge >= 0.3 is 0 Å². The lowest BCUT2D eigenvalue weighted by Crippen LogP contribution is -2.12. The SMILES string of the molecule is COc1cc2nc(Cc3ccc(Cl)cc3)[nH]c(=O)c2cc1OC. The predicted octanol–water partition coefficient (Wildman–Crippen LogP) is 3.18. The molecule has 0 atom stereocenters. The number of nitrogens with one attached hydrogen (secondary N) is 1. The van der Waals surface area contributed by atoms with Crippen molar-refractivity contribution in [2.24, 2.45) is 0 Å². The number of halogens is 1. The number of hydrogen-bond donors (Lipinski definition) is 1. The number of benzene rings is 2. The third kappa shape index (κ3) is 3.14. The van der Waals surface area contributed by atoms with Crippen LogP contribution in [-0.2, 0) is 6.42 Å². The first-order chi connectivity index (χ1) is 11.1. The molecule has 0 radical (unpaired) electrons. The maximum atomic E-state index is 12.3. The number of aromatic nitrogens is 2. The summed E-state index contributed by atoms with van der Waals surface area (Å²) in [7, 11) is 3.08. The molecule has 0 saturated carbocycles. The van der Waals surface area contributed by atoms with Crippen molar-refractivity contribution < 1.29 is 9.47 Å². The van der Waals surface area contributed by atoms with Crippen LogP contribution in [0.25, 0.3) is 10.9 Å². The maximum absolute atomic E-state index is 12.3.